The molecule has 0 aliphatic carbocycles. The minimum Gasteiger partial charge on any atom is -0.436 e. The highest BCUT2D eigenvalue weighted by molar-refractivity contribution is 6.89. The Kier molecular flexibility index (Phi) is 19.1. The van der Waals surface area contributed by atoms with Gasteiger partial charge in [0, 0.05) is 19.8 Å². The van der Waals surface area contributed by atoms with Crippen molar-refractivity contribution in [2.75, 3.05) is 19.8 Å². The van der Waals surface area contributed by atoms with E-state index in [9.17, 15) is 0 Å². The molecule has 0 aromatic heterocycles. The largest absolute Gasteiger partial charge is 0.436 e. The van der Waals surface area contributed by atoms with Gasteiger partial charge in [0.25, 0.3) is 0 Å². The lowest BCUT2D eigenvalue weighted by atomic mass is 10.2. The molecule has 0 amide bonds. The van der Waals surface area contributed by atoms with Gasteiger partial charge in [-0.05, 0) is 83.2 Å². The van der Waals surface area contributed by atoms with Gasteiger partial charge >= 0.3 is 17.1 Å². The summed E-state index contributed by atoms with van der Waals surface area (Å²) in [5, 5.41) is 27.1. The molecule has 0 bridgehead atoms. The van der Waals surface area contributed by atoms with Crippen LogP contribution in [0.2, 0.25) is 64.0 Å². The third kappa shape index (κ3) is 20.3. The number of hydrogen-bond donors (Lipinski definition) is 3. The van der Waals surface area contributed by atoms with Gasteiger partial charge in [0.05, 0.1) is 0 Å². The summed E-state index contributed by atoms with van der Waals surface area (Å²) in [5.41, 5.74) is 0. The van der Waals surface area contributed by atoms with E-state index in [-0.39, 0.29) is 19.8 Å². The fourth-order valence-electron chi connectivity index (χ4n) is 4.96. The molecule has 212 valence electrons. The van der Waals surface area contributed by atoms with E-state index in [1.54, 1.807) is 0 Å². The highest BCUT2D eigenvalue weighted by Crippen LogP contribution is 2.31. The first kappa shape index (κ1) is 35.6. The lowest BCUT2D eigenvalue weighted by Gasteiger charge is -2.43. The molecule has 0 saturated carbocycles. The summed E-state index contributed by atoms with van der Waals surface area (Å²) in [7, 11) is -8.49. The molecule has 0 aliphatic rings. The Hall–Kier alpha value is 0.628. The standard InChI is InChI=1S/C25H60O6Si4/c1-32(2,23-17-11-8-14-20-26)29-34(5,6)31-35(7,25-19-13-10-16-22-28)30-33(3,4)24-18-12-9-15-21-27/h26-28H,8-25H2,1-7H3. The molecule has 0 heterocycles. The van der Waals surface area contributed by atoms with Gasteiger partial charge in [-0.15, -0.1) is 0 Å². The van der Waals surface area contributed by atoms with Crippen LogP contribution >= 0.6 is 0 Å². The van der Waals surface area contributed by atoms with Crippen LogP contribution in [0.4, 0.5) is 0 Å². The Morgan fingerprint density at radius 2 is 0.743 bits per heavy atom. The van der Waals surface area contributed by atoms with Gasteiger partial charge in [0.15, 0.2) is 16.6 Å². The predicted octanol–water partition coefficient (Wildman–Crippen LogP) is 6.88. The van der Waals surface area contributed by atoms with Crippen molar-refractivity contribution in [3.05, 3.63) is 0 Å². The van der Waals surface area contributed by atoms with Crippen LogP contribution in [0.25, 0.3) is 0 Å². The Balaban J connectivity index is 5.11. The zero-order valence-corrected chi connectivity index (χ0v) is 28.3. The Labute approximate surface area is 221 Å². The summed E-state index contributed by atoms with van der Waals surface area (Å²) in [6.45, 7) is 16.8. The number of rotatable bonds is 24. The van der Waals surface area contributed by atoms with Crippen molar-refractivity contribution in [1.29, 1.82) is 0 Å². The summed E-state index contributed by atoms with van der Waals surface area (Å²) in [6.07, 6.45) is 12.7. The third-order valence-corrected chi connectivity index (χ3v) is 22.6. The van der Waals surface area contributed by atoms with Crippen LogP contribution in [0.5, 0.6) is 0 Å². The monoisotopic (exact) mass is 568 g/mol. The van der Waals surface area contributed by atoms with Crippen molar-refractivity contribution in [1.82, 2.24) is 0 Å². The van der Waals surface area contributed by atoms with Gasteiger partial charge in [-0.3, -0.25) is 0 Å². The Bertz CT molecular complexity index is 522. The molecule has 0 saturated heterocycles. The minimum absolute atomic E-state index is 0.269. The quantitative estimate of drug-likeness (QED) is 0.0869. The molecule has 35 heavy (non-hydrogen) atoms. The first-order chi connectivity index (χ1) is 16.3. The Morgan fingerprint density at radius 3 is 1.14 bits per heavy atom. The minimum atomic E-state index is -2.41. The second-order valence-electron chi connectivity index (χ2n) is 12.0. The zero-order chi connectivity index (χ0) is 26.8. The third-order valence-electron chi connectivity index (χ3n) is 6.39. The van der Waals surface area contributed by atoms with Crippen LogP contribution < -0.4 is 0 Å². The summed E-state index contributed by atoms with van der Waals surface area (Å²) in [5.74, 6) is 0. The van der Waals surface area contributed by atoms with E-state index in [2.05, 4.69) is 45.8 Å². The fourth-order valence-corrected chi connectivity index (χ4v) is 24.9. The topological polar surface area (TPSA) is 88.4 Å². The van der Waals surface area contributed by atoms with E-state index in [0.29, 0.717) is 0 Å². The fraction of sp³-hybridized carbons (Fsp3) is 1.00. The highest BCUT2D eigenvalue weighted by atomic mass is 28.5. The smallest absolute Gasteiger partial charge is 0.315 e. The lowest BCUT2D eigenvalue weighted by Crippen LogP contribution is -2.57. The van der Waals surface area contributed by atoms with Crippen molar-refractivity contribution in [3.8, 4) is 0 Å². The molecule has 0 fully saturated rings. The molecule has 0 aromatic rings. The van der Waals surface area contributed by atoms with Gasteiger partial charge < -0.3 is 27.7 Å². The molecule has 6 nitrogen and oxygen atoms in total. The molecule has 3 N–H and O–H groups in total. The van der Waals surface area contributed by atoms with E-state index in [1.807, 2.05) is 0 Å². The average Bonchev–Trinajstić information content (AvgIpc) is 2.71. The summed E-state index contributed by atoms with van der Waals surface area (Å²) < 4.78 is 20.8. The van der Waals surface area contributed by atoms with E-state index in [0.717, 1.165) is 95.2 Å². The second kappa shape index (κ2) is 18.8. The maximum atomic E-state index is 9.11. The predicted molar refractivity (Wildman–Crippen MR) is 158 cm³/mol. The second-order valence-corrected chi connectivity index (χ2v) is 28.1. The molecule has 0 radical (unpaired) electrons. The maximum absolute atomic E-state index is 9.11. The summed E-state index contributed by atoms with van der Waals surface area (Å²) in [4.78, 5) is 0. The SMILES string of the molecule is C[Si](C)(CCCCCCO)O[Si](C)(C)O[Si](C)(CCCCCCO)O[Si](C)(C)CCCCCCO. The van der Waals surface area contributed by atoms with E-state index >= 15 is 0 Å². The molecular formula is C25H60O6Si4. The first-order valence-corrected chi connectivity index (χ1v) is 25.8. The van der Waals surface area contributed by atoms with Crippen LogP contribution in [-0.4, -0.2) is 68.9 Å². The molecule has 10 heteroatoms. The first-order valence-electron chi connectivity index (χ1n) is 14.2. The molecule has 0 aliphatic heterocycles. The van der Waals surface area contributed by atoms with Gasteiger partial charge in [-0.1, -0.05) is 57.8 Å². The number of aliphatic hydroxyl groups excluding tert-OH is 3. The highest BCUT2D eigenvalue weighted by Gasteiger charge is 2.45. The van der Waals surface area contributed by atoms with Gasteiger partial charge in [0.2, 0.25) is 0 Å². The molecule has 0 rings (SSSR count). The average molecular weight is 569 g/mol. The van der Waals surface area contributed by atoms with Crippen LogP contribution in [0.3, 0.4) is 0 Å². The summed E-state index contributed by atoms with van der Waals surface area (Å²) in [6, 6.07) is 3.25. The lowest BCUT2D eigenvalue weighted by molar-refractivity contribution is 0.282. The van der Waals surface area contributed by atoms with E-state index in [1.165, 1.54) is 0 Å². The van der Waals surface area contributed by atoms with Crippen LogP contribution in [-0.2, 0) is 12.3 Å². The zero-order valence-electron chi connectivity index (χ0n) is 24.3. The molecular weight excluding hydrogens is 509 g/mol. The number of hydrogen-bond acceptors (Lipinski definition) is 6. The van der Waals surface area contributed by atoms with Crippen LogP contribution in [0, 0.1) is 0 Å². The summed E-state index contributed by atoms with van der Waals surface area (Å²) >= 11 is 0. The van der Waals surface area contributed by atoms with E-state index < -0.39 is 33.8 Å². The van der Waals surface area contributed by atoms with Gasteiger partial charge in [-0.25, -0.2) is 0 Å². The van der Waals surface area contributed by atoms with Crippen LogP contribution in [0.15, 0.2) is 0 Å². The molecule has 0 aromatic carbocycles. The maximum Gasteiger partial charge on any atom is 0.315 e. The normalized spacial score (nSPS) is 14.9. The number of unbranched alkanes of at least 4 members (excludes halogenated alkanes) is 9. The van der Waals surface area contributed by atoms with Crippen molar-refractivity contribution < 1.29 is 27.7 Å². The molecule has 0 spiro atoms. The molecule has 1 atom stereocenters. The van der Waals surface area contributed by atoms with Crippen LogP contribution in [0.1, 0.15) is 77.0 Å². The van der Waals surface area contributed by atoms with Gasteiger partial charge in [-0.2, -0.15) is 0 Å². The van der Waals surface area contributed by atoms with Gasteiger partial charge in [0.1, 0.15) is 0 Å². The van der Waals surface area contributed by atoms with Crippen molar-refractivity contribution >= 4 is 33.8 Å². The Morgan fingerprint density at radius 1 is 0.400 bits per heavy atom. The molecule has 1 unspecified atom stereocenters. The van der Waals surface area contributed by atoms with Crippen molar-refractivity contribution in [2.24, 2.45) is 0 Å². The number of aliphatic hydroxyl groups is 3. The van der Waals surface area contributed by atoms with E-state index in [4.69, 9.17) is 27.7 Å². The van der Waals surface area contributed by atoms with Crippen molar-refractivity contribution in [3.63, 3.8) is 0 Å². The van der Waals surface area contributed by atoms with Crippen molar-refractivity contribution in [2.45, 2.75) is 141 Å².